The predicted molar refractivity (Wildman–Crippen MR) is 112 cm³/mol. The molecule has 0 unspecified atom stereocenters. The van der Waals surface area contributed by atoms with E-state index in [9.17, 15) is 4.79 Å². The number of imidazole rings is 1. The first-order valence-corrected chi connectivity index (χ1v) is 10.7. The van der Waals surface area contributed by atoms with Gasteiger partial charge >= 0.3 is 6.01 Å². The fourth-order valence-electron chi connectivity index (χ4n) is 4.09. The molecule has 1 saturated carbocycles. The van der Waals surface area contributed by atoms with Crippen molar-refractivity contribution in [1.82, 2.24) is 29.9 Å². The van der Waals surface area contributed by atoms with E-state index in [1.165, 1.54) is 12.4 Å². The van der Waals surface area contributed by atoms with Crippen molar-refractivity contribution in [3.63, 3.8) is 0 Å². The third kappa shape index (κ3) is 4.43. The Morgan fingerprint density at radius 3 is 2.74 bits per heavy atom. The maximum absolute atomic E-state index is 12.3. The summed E-state index contributed by atoms with van der Waals surface area (Å²) in [6.45, 7) is 3.01. The molecule has 10 heteroatoms. The van der Waals surface area contributed by atoms with Crippen molar-refractivity contribution in [2.75, 3.05) is 31.2 Å². The molecule has 0 bridgehead atoms. The quantitative estimate of drug-likeness (QED) is 0.658. The lowest BCUT2D eigenvalue weighted by Crippen LogP contribution is -2.40. The number of morpholine rings is 1. The summed E-state index contributed by atoms with van der Waals surface area (Å²) in [4.78, 5) is 23.8. The number of rotatable bonds is 5. The van der Waals surface area contributed by atoms with Gasteiger partial charge in [0.1, 0.15) is 17.6 Å². The third-order valence-electron chi connectivity index (χ3n) is 5.81. The number of nitrogens with zero attached hydrogens (tertiary/aromatic N) is 6. The van der Waals surface area contributed by atoms with E-state index < -0.39 is 0 Å². The molecular formula is C21H25N7O3. The standard InChI is InChI=1S/C21H25N7O3/c29-20(15-5-6-23-24-14-15)25-16-1-3-17(4-2-16)31-21-26-19(27-9-11-30-12-10-27)13-18-22-7-8-28(18)21/h5-8,13-14,16-17H,1-4,9-12H2,(H,25,29)/t16-,17+. The van der Waals surface area contributed by atoms with Crippen LogP contribution in [0.25, 0.3) is 5.65 Å². The summed E-state index contributed by atoms with van der Waals surface area (Å²) in [6.07, 6.45) is 10.1. The molecule has 31 heavy (non-hydrogen) atoms. The second kappa shape index (κ2) is 8.84. The Morgan fingerprint density at radius 1 is 1.13 bits per heavy atom. The van der Waals surface area contributed by atoms with Crippen LogP contribution in [0.5, 0.6) is 6.01 Å². The maximum Gasteiger partial charge on any atom is 0.304 e. The molecule has 1 aliphatic carbocycles. The summed E-state index contributed by atoms with van der Waals surface area (Å²) < 4.78 is 13.7. The predicted octanol–water partition coefficient (Wildman–Crippen LogP) is 1.48. The van der Waals surface area contributed by atoms with E-state index in [0.717, 1.165) is 50.2 Å². The van der Waals surface area contributed by atoms with Crippen LogP contribution < -0.4 is 15.0 Å². The number of ether oxygens (including phenoxy) is 2. The number of aromatic nitrogens is 5. The number of amides is 1. The second-order valence-electron chi connectivity index (χ2n) is 7.85. The third-order valence-corrected chi connectivity index (χ3v) is 5.81. The van der Waals surface area contributed by atoms with E-state index in [1.54, 1.807) is 12.3 Å². The van der Waals surface area contributed by atoms with Gasteiger partial charge in [-0.3, -0.25) is 9.20 Å². The number of nitrogens with one attached hydrogen (secondary N) is 1. The Balaban J connectivity index is 1.23. The normalized spacial score (nSPS) is 21.7. The van der Waals surface area contributed by atoms with Crippen molar-refractivity contribution < 1.29 is 14.3 Å². The number of anilines is 1. The van der Waals surface area contributed by atoms with Crippen LogP contribution in [-0.2, 0) is 4.74 Å². The molecular weight excluding hydrogens is 398 g/mol. The van der Waals surface area contributed by atoms with Crippen molar-refractivity contribution in [3.05, 3.63) is 42.5 Å². The molecule has 1 amide bonds. The Kier molecular flexibility index (Phi) is 5.61. The van der Waals surface area contributed by atoms with Gasteiger partial charge in [0.15, 0.2) is 0 Å². The summed E-state index contributed by atoms with van der Waals surface area (Å²) in [5.74, 6) is 0.753. The average Bonchev–Trinajstić information content (AvgIpc) is 3.31. The largest absolute Gasteiger partial charge is 0.461 e. The monoisotopic (exact) mass is 423 g/mol. The molecule has 5 rings (SSSR count). The molecule has 0 aromatic carbocycles. The van der Waals surface area contributed by atoms with Gasteiger partial charge in [-0.05, 0) is 31.7 Å². The number of hydrogen-bond acceptors (Lipinski definition) is 8. The summed E-state index contributed by atoms with van der Waals surface area (Å²) in [7, 11) is 0. The highest BCUT2D eigenvalue weighted by atomic mass is 16.5. The molecule has 0 spiro atoms. The minimum atomic E-state index is -0.112. The SMILES string of the molecule is O=C(N[C@H]1CC[C@@H](Oc2nc(N3CCOCC3)cc3nccn23)CC1)c1ccnnc1. The smallest absolute Gasteiger partial charge is 0.304 e. The molecule has 3 aromatic heterocycles. The van der Waals surface area contributed by atoms with E-state index in [1.807, 2.05) is 16.7 Å². The van der Waals surface area contributed by atoms with Gasteiger partial charge in [0.2, 0.25) is 0 Å². The summed E-state index contributed by atoms with van der Waals surface area (Å²) in [5, 5.41) is 10.6. The Morgan fingerprint density at radius 2 is 1.97 bits per heavy atom. The highest BCUT2D eigenvalue weighted by Crippen LogP contribution is 2.26. The number of fused-ring (bicyclic) bond motifs is 1. The fraction of sp³-hybridized carbons (Fsp3) is 0.476. The highest BCUT2D eigenvalue weighted by Gasteiger charge is 2.26. The first-order chi connectivity index (χ1) is 15.3. The molecule has 4 heterocycles. The minimum absolute atomic E-state index is 0.0498. The van der Waals surface area contributed by atoms with Gasteiger partial charge in [-0.15, -0.1) is 0 Å². The maximum atomic E-state index is 12.3. The number of carbonyl (C=O) groups excluding carboxylic acids is 1. The molecule has 10 nitrogen and oxygen atoms in total. The highest BCUT2D eigenvalue weighted by molar-refractivity contribution is 5.93. The molecule has 2 fully saturated rings. The van der Waals surface area contributed by atoms with Crippen molar-refractivity contribution in [1.29, 1.82) is 0 Å². The first kappa shape index (κ1) is 19.7. The van der Waals surface area contributed by atoms with Crippen molar-refractivity contribution in [2.45, 2.75) is 37.8 Å². The average molecular weight is 423 g/mol. The molecule has 0 atom stereocenters. The summed E-state index contributed by atoms with van der Waals surface area (Å²) in [5.41, 5.74) is 1.35. The van der Waals surface area contributed by atoms with Crippen LogP contribution >= 0.6 is 0 Å². The summed E-state index contributed by atoms with van der Waals surface area (Å²) in [6, 6.07) is 4.34. The van der Waals surface area contributed by atoms with Gasteiger partial charge in [0, 0.05) is 37.6 Å². The molecule has 3 aromatic rings. The minimum Gasteiger partial charge on any atom is -0.461 e. The zero-order valence-electron chi connectivity index (χ0n) is 17.2. The Labute approximate surface area is 179 Å². The van der Waals surface area contributed by atoms with E-state index in [4.69, 9.17) is 14.5 Å². The van der Waals surface area contributed by atoms with Gasteiger partial charge in [-0.2, -0.15) is 15.2 Å². The zero-order chi connectivity index (χ0) is 21.0. The van der Waals surface area contributed by atoms with E-state index in [-0.39, 0.29) is 18.1 Å². The molecule has 2 aliphatic rings. The molecule has 0 radical (unpaired) electrons. The topological polar surface area (TPSA) is 107 Å². The Bertz CT molecular complexity index is 1030. The van der Waals surface area contributed by atoms with Crippen molar-refractivity contribution in [2.24, 2.45) is 0 Å². The van der Waals surface area contributed by atoms with E-state index in [2.05, 4.69) is 25.4 Å². The molecule has 1 aliphatic heterocycles. The van der Waals surface area contributed by atoms with Crippen LogP contribution in [0.15, 0.2) is 36.9 Å². The van der Waals surface area contributed by atoms with Crippen molar-refractivity contribution in [3.8, 4) is 6.01 Å². The van der Waals surface area contributed by atoms with Crippen LogP contribution in [0, 0.1) is 0 Å². The molecule has 162 valence electrons. The lowest BCUT2D eigenvalue weighted by atomic mass is 9.93. The van der Waals surface area contributed by atoms with Crippen LogP contribution in [0.2, 0.25) is 0 Å². The van der Waals surface area contributed by atoms with Crippen molar-refractivity contribution >= 4 is 17.4 Å². The van der Waals surface area contributed by atoms with E-state index in [0.29, 0.717) is 24.8 Å². The Hall–Kier alpha value is -3.27. The molecule has 1 N–H and O–H groups in total. The lowest BCUT2D eigenvalue weighted by Gasteiger charge is -2.30. The lowest BCUT2D eigenvalue weighted by molar-refractivity contribution is 0.0883. The van der Waals surface area contributed by atoms with Crippen LogP contribution in [0.3, 0.4) is 0 Å². The van der Waals surface area contributed by atoms with Gasteiger partial charge in [-0.1, -0.05) is 0 Å². The second-order valence-corrected chi connectivity index (χ2v) is 7.85. The van der Waals surface area contributed by atoms with Crippen LogP contribution in [-0.4, -0.2) is 68.9 Å². The van der Waals surface area contributed by atoms with Gasteiger partial charge in [0.25, 0.3) is 5.91 Å². The van der Waals surface area contributed by atoms with Crippen LogP contribution in [0.4, 0.5) is 5.82 Å². The zero-order valence-corrected chi connectivity index (χ0v) is 17.2. The first-order valence-electron chi connectivity index (χ1n) is 10.7. The van der Waals surface area contributed by atoms with Crippen LogP contribution in [0.1, 0.15) is 36.0 Å². The van der Waals surface area contributed by atoms with Gasteiger partial charge < -0.3 is 19.7 Å². The molecule has 1 saturated heterocycles. The number of carbonyl (C=O) groups is 1. The fourth-order valence-corrected chi connectivity index (χ4v) is 4.09. The summed E-state index contributed by atoms with van der Waals surface area (Å²) >= 11 is 0. The van der Waals surface area contributed by atoms with E-state index >= 15 is 0 Å². The van der Waals surface area contributed by atoms with Gasteiger partial charge in [-0.25, -0.2) is 4.98 Å². The van der Waals surface area contributed by atoms with Gasteiger partial charge in [0.05, 0.1) is 31.2 Å². The number of hydrogen-bond donors (Lipinski definition) is 1.